The number of carbonyl (C=O) groups is 1. The van der Waals surface area contributed by atoms with Gasteiger partial charge in [0.2, 0.25) is 0 Å². The number of benzene rings is 1. The van der Waals surface area contributed by atoms with Crippen molar-refractivity contribution in [3.63, 3.8) is 0 Å². The van der Waals surface area contributed by atoms with E-state index in [4.69, 9.17) is 5.73 Å². The normalized spacial score (nSPS) is 11.5. The van der Waals surface area contributed by atoms with Gasteiger partial charge in [-0.3, -0.25) is 4.79 Å². The van der Waals surface area contributed by atoms with E-state index in [9.17, 15) is 4.79 Å². The SMILES string of the molecule is CCC(N)(CC)CNC(=O)c1ccc(-n2nc(C)cc2C)cc1. The Bertz CT molecular complexity index is 669. The van der Waals surface area contributed by atoms with E-state index in [-0.39, 0.29) is 11.4 Å². The second-order valence-corrected chi connectivity index (χ2v) is 6.14. The van der Waals surface area contributed by atoms with Gasteiger partial charge in [0.1, 0.15) is 0 Å². The molecule has 0 radical (unpaired) electrons. The third-order valence-corrected chi connectivity index (χ3v) is 4.39. The van der Waals surface area contributed by atoms with Crippen LogP contribution in [0.3, 0.4) is 0 Å². The molecule has 124 valence electrons. The van der Waals surface area contributed by atoms with Gasteiger partial charge in [-0.05, 0) is 57.0 Å². The lowest BCUT2D eigenvalue weighted by Crippen LogP contribution is -2.49. The molecule has 0 bridgehead atoms. The Morgan fingerprint density at radius 1 is 1.22 bits per heavy atom. The van der Waals surface area contributed by atoms with Crippen molar-refractivity contribution in [1.82, 2.24) is 15.1 Å². The van der Waals surface area contributed by atoms with E-state index in [1.165, 1.54) is 0 Å². The number of hydrogen-bond acceptors (Lipinski definition) is 3. The Morgan fingerprint density at radius 3 is 2.30 bits per heavy atom. The van der Waals surface area contributed by atoms with Crippen molar-refractivity contribution in [3.05, 3.63) is 47.3 Å². The summed E-state index contributed by atoms with van der Waals surface area (Å²) < 4.78 is 1.87. The van der Waals surface area contributed by atoms with Gasteiger partial charge in [0.05, 0.1) is 11.4 Å². The third-order valence-electron chi connectivity index (χ3n) is 4.39. The summed E-state index contributed by atoms with van der Waals surface area (Å²) in [6.45, 7) is 8.54. The minimum absolute atomic E-state index is 0.0957. The Balaban J connectivity index is 2.07. The van der Waals surface area contributed by atoms with E-state index in [1.54, 1.807) is 0 Å². The van der Waals surface area contributed by atoms with Crippen LogP contribution >= 0.6 is 0 Å². The first-order valence-corrected chi connectivity index (χ1v) is 8.09. The van der Waals surface area contributed by atoms with Crippen LogP contribution in [0.5, 0.6) is 0 Å². The molecule has 2 rings (SSSR count). The molecule has 0 atom stereocenters. The van der Waals surface area contributed by atoms with Crippen molar-refractivity contribution in [2.75, 3.05) is 6.54 Å². The summed E-state index contributed by atoms with van der Waals surface area (Å²) in [5.74, 6) is -0.0957. The monoisotopic (exact) mass is 314 g/mol. The highest BCUT2D eigenvalue weighted by Crippen LogP contribution is 2.14. The van der Waals surface area contributed by atoms with Crippen LogP contribution in [-0.4, -0.2) is 27.8 Å². The molecule has 0 spiro atoms. The number of hydrogen-bond donors (Lipinski definition) is 2. The molecule has 1 amide bonds. The van der Waals surface area contributed by atoms with Crippen molar-refractivity contribution in [1.29, 1.82) is 0 Å². The molecule has 1 heterocycles. The average molecular weight is 314 g/mol. The molecule has 0 unspecified atom stereocenters. The van der Waals surface area contributed by atoms with Crippen LogP contribution in [0.15, 0.2) is 30.3 Å². The first-order chi connectivity index (χ1) is 10.9. The number of aromatic nitrogens is 2. The highest BCUT2D eigenvalue weighted by Gasteiger charge is 2.21. The van der Waals surface area contributed by atoms with Crippen LogP contribution in [0.4, 0.5) is 0 Å². The lowest BCUT2D eigenvalue weighted by molar-refractivity contribution is 0.0942. The summed E-state index contributed by atoms with van der Waals surface area (Å²) in [6.07, 6.45) is 1.67. The largest absolute Gasteiger partial charge is 0.350 e. The molecule has 1 aromatic carbocycles. The molecule has 23 heavy (non-hydrogen) atoms. The highest BCUT2D eigenvalue weighted by atomic mass is 16.1. The molecule has 5 nitrogen and oxygen atoms in total. The minimum atomic E-state index is -0.334. The van der Waals surface area contributed by atoms with E-state index in [1.807, 2.05) is 62.7 Å². The number of nitrogens with zero attached hydrogens (tertiary/aromatic N) is 2. The number of nitrogens with two attached hydrogens (primary N) is 1. The molecular weight excluding hydrogens is 288 g/mol. The number of carbonyl (C=O) groups excluding carboxylic acids is 1. The summed E-state index contributed by atoms with van der Waals surface area (Å²) in [5, 5.41) is 7.38. The molecule has 1 aromatic heterocycles. The van der Waals surface area contributed by atoms with E-state index in [0.717, 1.165) is 29.9 Å². The Hall–Kier alpha value is -2.14. The molecule has 0 saturated carbocycles. The highest BCUT2D eigenvalue weighted by molar-refractivity contribution is 5.94. The summed E-state index contributed by atoms with van der Waals surface area (Å²) in [6, 6.07) is 9.47. The summed E-state index contributed by atoms with van der Waals surface area (Å²) >= 11 is 0. The van der Waals surface area contributed by atoms with Gasteiger partial charge in [-0.25, -0.2) is 4.68 Å². The summed E-state index contributed by atoms with van der Waals surface area (Å²) in [7, 11) is 0. The van der Waals surface area contributed by atoms with Crippen molar-refractivity contribution in [2.45, 2.75) is 46.1 Å². The Kier molecular flexibility index (Phi) is 5.21. The smallest absolute Gasteiger partial charge is 0.251 e. The van der Waals surface area contributed by atoms with E-state index in [0.29, 0.717) is 12.1 Å². The third kappa shape index (κ3) is 3.99. The van der Waals surface area contributed by atoms with Crippen molar-refractivity contribution in [3.8, 4) is 5.69 Å². The van der Waals surface area contributed by atoms with Crippen LogP contribution in [0, 0.1) is 13.8 Å². The van der Waals surface area contributed by atoms with Crippen LogP contribution in [-0.2, 0) is 0 Å². The van der Waals surface area contributed by atoms with Gasteiger partial charge in [-0.1, -0.05) is 13.8 Å². The molecule has 3 N–H and O–H groups in total. The molecule has 0 aliphatic rings. The first kappa shape index (κ1) is 17.2. The topological polar surface area (TPSA) is 72.9 Å². The van der Waals surface area contributed by atoms with Crippen molar-refractivity contribution >= 4 is 5.91 Å². The van der Waals surface area contributed by atoms with E-state index < -0.39 is 0 Å². The zero-order chi connectivity index (χ0) is 17.0. The summed E-state index contributed by atoms with van der Waals surface area (Å²) in [4.78, 5) is 12.3. The Morgan fingerprint density at radius 2 is 1.83 bits per heavy atom. The first-order valence-electron chi connectivity index (χ1n) is 8.09. The number of nitrogens with one attached hydrogen (secondary N) is 1. The van der Waals surface area contributed by atoms with Gasteiger partial charge in [0.15, 0.2) is 0 Å². The maximum Gasteiger partial charge on any atom is 0.251 e. The lowest BCUT2D eigenvalue weighted by Gasteiger charge is -2.26. The standard InChI is InChI=1S/C18H26N4O/c1-5-18(19,6-2)12-20-17(23)15-7-9-16(10-8-15)22-14(4)11-13(3)21-22/h7-11H,5-6,12,19H2,1-4H3,(H,20,23). The minimum Gasteiger partial charge on any atom is -0.350 e. The van der Waals surface area contributed by atoms with Crippen LogP contribution in [0.25, 0.3) is 5.69 Å². The molecule has 0 aliphatic heterocycles. The molecule has 0 fully saturated rings. The molecular formula is C18H26N4O. The van der Waals surface area contributed by atoms with Gasteiger partial charge < -0.3 is 11.1 Å². The molecule has 0 saturated heterocycles. The molecule has 2 aromatic rings. The quantitative estimate of drug-likeness (QED) is 0.861. The predicted octanol–water partition coefficient (Wildman–Crippen LogP) is 2.74. The molecule has 0 aliphatic carbocycles. The van der Waals surface area contributed by atoms with E-state index >= 15 is 0 Å². The average Bonchev–Trinajstić information content (AvgIpc) is 2.91. The molecule has 5 heteroatoms. The van der Waals surface area contributed by atoms with Gasteiger partial charge in [0, 0.05) is 23.3 Å². The van der Waals surface area contributed by atoms with Gasteiger partial charge in [-0.15, -0.1) is 0 Å². The van der Waals surface area contributed by atoms with Crippen LogP contribution < -0.4 is 11.1 Å². The maximum absolute atomic E-state index is 12.3. The fourth-order valence-electron chi connectivity index (χ4n) is 2.50. The zero-order valence-corrected chi connectivity index (χ0v) is 14.4. The Labute approximate surface area is 137 Å². The van der Waals surface area contributed by atoms with E-state index in [2.05, 4.69) is 10.4 Å². The van der Waals surface area contributed by atoms with Gasteiger partial charge in [0.25, 0.3) is 5.91 Å². The van der Waals surface area contributed by atoms with Crippen molar-refractivity contribution < 1.29 is 4.79 Å². The predicted molar refractivity (Wildman–Crippen MR) is 92.9 cm³/mol. The van der Waals surface area contributed by atoms with Crippen LogP contribution in [0.1, 0.15) is 48.4 Å². The van der Waals surface area contributed by atoms with Crippen molar-refractivity contribution in [2.24, 2.45) is 5.73 Å². The zero-order valence-electron chi connectivity index (χ0n) is 14.4. The van der Waals surface area contributed by atoms with Gasteiger partial charge in [-0.2, -0.15) is 5.10 Å². The number of aryl methyl sites for hydroxylation is 2. The summed E-state index contributed by atoms with van der Waals surface area (Å²) in [5.41, 5.74) is 9.50. The van der Waals surface area contributed by atoms with Gasteiger partial charge >= 0.3 is 0 Å². The second kappa shape index (κ2) is 6.96. The maximum atomic E-state index is 12.3. The fourth-order valence-corrected chi connectivity index (χ4v) is 2.50. The van der Waals surface area contributed by atoms with Crippen LogP contribution in [0.2, 0.25) is 0 Å². The second-order valence-electron chi connectivity index (χ2n) is 6.14. The number of amides is 1. The fraction of sp³-hybridized carbons (Fsp3) is 0.444. The number of rotatable bonds is 6. The lowest BCUT2D eigenvalue weighted by atomic mass is 9.94.